The minimum Gasteiger partial charge on any atom is -0.542 e. The molecule has 242 valence electrons. The highest BCUT2D eigenvalue weighted by molar-refractivity contribution is 7.17. The van der Waals surface area contributed by atoms with Crippen molar-refractivity contribution in [2.24, 2.45) is 5.92 Å². The Bertz CT molecular complexity index is 1680. The molecule has 4 heterocycles. The van der Waals surface area contributed by atoms with Crippen LogP contribution in [0.1, 0.15) is 34.8 Å². The number of nitrogens with zero attached hydrogens (tertiary/aromatic N) is 1. The average Bonchev–Trinajstić information content (AvgIpc) is 3.48. The predicted octanol–water partition coefficient (Wildman–Crippen LogP) is 5.40. The molecule has 12 heteroatoms. The lowest BCUT2D eigenvalue weighted by Crippen LogP contribution is -2.65. The number of nitrogens with one attached hydrogen (secondary N) is 1. The Balaban J connectivity index is 0.000000537. The van der Waals surface area contributed by atoms with Gasteiger partial charge in [-0.1, -0.05) is 54.6 Å². The molecule has 2 atom stereocenters. The Hall–Kier alpha value is -4.42. The molecule has 2 bridgehead atoms. The quantitative estimate of drug-likeness (QED) is 0.147. The summed E-state index contributed by atoms with van der Waals surface area (Å²) in [5.74, 6) is -2.09. The third-order valence-electron chi connectivity index (χ3n) is 8.55. The van der Waals surface area contributed by atoms with Gasteiger partial charge >= 0.3 is 12.1 Å². The van der Waals surface area contributed by atoms with E-state index in [2.05, 4.69) is 17.4 Å². The van der Waals surface area contributed by atoms with Crippen LogP contribution in [-0.4, -0.2) is 67.8 Å². The summed E-state index contributed by atoms with van der Waals surface area (Å²) in [6.45, 7) is 3.05. The van der Waals surface area contributed by atoms with Crippen molar-refractivity contribution in [3.63, 3.8) is 0 Å². The Kier molecular flexibility index (Phi) is 9.97. The van der Waals surface area contributed by atoms with E-state index in [0.29, 0.717) is 29.2 Å². The largest absolute Gasteiger partial charge is 0.542 e. The number of quaternary nitrogens is 1. The highest BCUT2D eigenvalue weighted by Gasteiger charge is 2.49. The molecule has 1 N–H and O–H groups in total. The van der Waals surface area contributed by atoms with Gasteiger partial charge in [-0.25, -0.2) is 4.79 Å². The molecule has 0 saturated carbocycles. The van der Waals surface area contributed by atoms with E-state index in [4.69, 9.17) is 19.4 Å². The maximum Gasteiger partial charge on any atom is 0.430 e. The molecule has 7 rings (SSSR count). The van der Waals surface area contributed by atoms with E-state index in [1.165, 1.54) is 0 Å². The van der Waals surface area contributed by atoms with Crippen LogP contribution < -0.4 is 15.2 Å². The Morgan fingerprint density at radius 2 is 1.67 bits per heavy atom. The summed E-state index contributed by atoms with van der Waals surface area (Å²) in [4.78, 5) is 35.9. The number of carboxylic acid groups (broad SMARTS) is 1. The summed E-state index contributed by atoms with van der Waals surface area (Å²) in [5.41, 5.74) is 2.45. The van der Waals surface area contributed by atoms with Crippen LogP contribution in [0.4, 0.5) is 18.9 Å². The lowest BCUT2D eigenvalue weighted by atomic mass is 9.82. The minimum absolute atomic E-state index is 0.156. The van der Waals surface area contributed by atoms with Crippen molar-refractivity contribution in [3.8, 4) is 5.75 Å². The van der Waals surface area contributed by atoms with Gasteiger partial charge in [0.25, 0.3) is 0 Å². The standard InChI is InChI=1S/C32H33N2O4S.C2HF3O2/c1-37-25-11-7-10-24(18-25)33-31(27-21-39-30-13-6-5-12-26(27)30)32(36)38-29-20-34(16-14-23(29)15-17-34)19-28(35)22-8-3-2-4-9-22;3-2(4,5)1(6)7/h2-13,18,21,23,29,31,33H,14-17,19-20H2,1H3;(H,6,7)/q+1;/p-1/t23?,29-,31?,34?;/m0./s1. The number of carbonyl (C=O) groups excluding carboxylic acids is 3. The van der Waals surface area contributed by atoms with Crippen molar-refractivity contribution >= 4 is 44.8 Å². The number of hydrogen-bond donors (Lipinski definition) is 1. The molecule has 3 aliphatic rings. The number of piperidine rings is 3. The summed E-state index contributed by atoms with van der Waals surface area (Å²) >= 11 is 1.63. The number of hydrogen-bond acceptors (Lipinski definition) is 8. The second-order valence-electron chi connectivity index (χ2n) is 11.5. The number of alkyl halides is 3. The number of ketones is 1. The topological polar surface area (TPSA) is 105 Å². The predicted molar refractivity (Wildman–Crippen MR) is 165 cm³/mol. The Morgan fingerprint density at radius 1 is 1.00 bits per heavy atom. The summed E-state index contributed by atoms with van der Waals surface area (Å²) in [5, 5.41) is 15.3. The number of thiophene rings is 1. The first kappa shape index (κ1) is 33.0. The summed E-state index contributed by atoms with van der Waals surface area (Å²) in [6.07, 6.45) is -3.46. The van der Waals surface area contributed by atoms with Gasteiger partial charge in [0.1, 0.15) is 24.8 Å². The fourth-order valence-corrected chi connectivity index (χ4v) is 7.17. The molecule has 8 nitrogen and oxygen atoms in total. The van der Waals surface area contributed by atoms with Gasteiger partial charge in [0.05, 0.1) is 20.2 Å². The molecule has 0 radical (unpaired) electrons. The number of carbonyl (C=O) groups is 3. The van der Waals surface area contributed by atoms with Gasteiger partial charge in [-0.3, -0.25) is 4.79 Å². The first-order chi connectivity index (χ1) is 22.0. The number of aliphatic carboxylic acids is 1. The zero-order valence-electron chi connectivity index (χ0n) is 25.0. The van der Waals surface area contributed by atoms with Gasteiger partial charge in [-0.15, -0.1) is 11.3 Å². The number of carboxylic acids is 1. The van der Waals surface area contributed by atoms with Crippen LogP contribution in [0.25, 0.3) is 10.1 Å². The third kappa shape index (κ3) is 7.68. The molecule has 0 amide bonds. The highest BCUT2D eigenvalue weighted by atomic mass is 32.1. The number of anilines is 1. The number of halogens is 3. The van der Waals surface area contributed by atoms with Crippen LogP contribution in [0.2, 0.25) is 0 Å². The van der Waals surface area contributed by atoms with Crippen LogP contribution in [0.5, 0.6) is 5.75 Å². The van der Waals surface area contributed by atoms with E-state index in [-0.39, 0.29) is 17.9 Å². The molecule has 1 aromatic heterocycles. The average molecular weight is 655 g/mol. The minimum atomic E-state index is -5.19. The van der Waals surface area contributed by atoms with Gasteiger partial charge < -0.3 is 29.2 Å². The monoisotopic (exact) mass is 654 g/mol. The second kappa shape index (κ2) is 13.9. The van der Waals surface area contributed by atoms with Gasteiger partial charge in [-0.2, -0.15) is 13.2 Å². The van der Waals surface area contributed by atoms with Crippen LogP contribution >= 0.6 is 11.3 Å². The van der Waals surface area contributed by atoms with Crippen molar-refractivity contribution in [3.05, 3.63) is 95.4 Å². The summed E-state index contributed by atoms with van der Waals surface area (Å²) < 4.78 is 45.1. The first-order valence-electron chi connectivity index (χ1n) is 14.8. The van der Waals surface area contributed by atoms with Crippen molar-refractivity contribution in [2.75, 3.05) is 38.6 Å². The van der Waals surface area contributed by atoms with Crippen LogP contribution in [-0.2, 0) is 14.3 Å². The molecular weight excluding hydrogens is 621 g/mol. The van der Waals surface area contributed by atoms with Crippen LogP contribution in [0.3, 0.4) is 0 Å². The molecule has 0 aliphatic carbocycles. The normalized spacial score (nSPS) is 21.0. The Morgan fingerprint density at radius 3 is 2.35 bits per heavy atom. The molecule has 4 aromatic rings. The van der Waals surface area contributed by atoms with Crippen molar-refractivity contribution < 1.29 is 46.6 Å². The van der Waals surface area contributed by atoms with Crippen molar-refractivity contribution in [1.82, 2.24) is 0 Å². The van der Waals surface area contributed by atoms with E-state index in [1.54, 1.807) is 18.4 Å². The maximum atomic E-state index is 14.0. The smallest absolute Gasteiger partial charge is 0.430 e. The lowest BCUT2D eigenvalue weighted by Gasteiger charge is -2.51. The molecule has 3 saturated heterocycles. The molecule has 0 spiro atoms. The lowest BCUT2D eigenvalue weighted by molar-refractivity contribution is -0.938. The number of Topliss-reactive ketones (excluding diaryl/α,β-unsaturated/α-hetero) is 1. The SMILES string of the molecule is COc1cccc(NC(C(=O)O[C@H]2C[N+]3(CC(=O)c4ccccc4)CCC2CC3)c2csc3ccccc23)c1.O=C([O-])C(F)(F)F. The number of rotatable bonds is 9. The number of ether oxygens (including phenoxy) is 2. The maximum absolute atomic E-state index is 14.0. The van der Waals surface area contributed by atoms with E-state index in [0.717, 1.165) is 52.8 Å². The number of fused-ring (bicyclic) bond motifs is 4. The van der Waals surface area contributed by atoms with E-state index < -0.39 is 18.2 Å². The molecule has 3 fully saturated rings. The van der Waals surface area contributed by atoms with Crippen molar-refractivity contribution in [2.45, 2.75) is 31.2 Å². The molecule has 1 unspecified atom stereocenters. The molecule has 46 heavy (non-hydrogen) atoms. The number of methoxy groups -OCH3 is 1. The first-order valence-corrected chi connectivity index (χ1v) is 15.6. The fraction of sp³-hybridized carbons (Fsp3) is 0.324. The van der Waals surface area contributed by atoms with Crippen LogP contribution in [0, 0.1) is 5.92 Å². The van der Waals surface area contributed by atoms with Crippen LogP contribution in [0.15, 0.2) is 84.2 Å². The van der Waals surface area contributed by atoms with E-state index in [1.807, 2.05) is 72.1 Å². The molecule has 3 aromatic carbocycles. The molecular formula is C34H33F3N2O6S. The summed E-state index contributed by atoms with van der Waals surface area (Å²) in [6, 6.07) is 24.6. The zero-order chi connectivity index (χ0) is 32.9. The van der Waals surface area contributed by atoms with Gasteiger partial charge in [0, 0.05) is 46.3 Å². The zero-order valence-corrected chi connectivity index (χ0v) is 25.8. The second-order valence-corrected chi connectivity index (χ2v) is 12.4. The fourth-order valence-electron chi connectivity index (χ4n) is 6.18. The molecule has 3 aliphatic heterocycles. The highest BCUT2D eigenvalue weighted by Crippen LogP contribution is 2.38. The van der Waals surface area contributed by atoms with Gasteiger partial charge in [-0.05, 0) is 29.0 Å². The van der Waals surface area contributed by atoms with Crippen molar-refractivity contribution in [1.29, 1.82) is 0 Å². The third-order valence-corrected chi connectivity index (χ3v) is 9.54. The van der Waals surface area contributed by atoms with E-state index in [9.17, 15) is 22.8 Å². The number of benzene rings is 3. The summed E-state index contributed by atoms with van der Waals surface area (Å²) in [7, 11) is 1.63. The Labute approximate surface area is 267 Å². The van der Waals surface area contributed by atoms with Gasteiger partial charge in [0.2, 0.25) is 5.78 Å². The van der Waals surface area contributed by atoms with E-state index >= 15 is 0 Å². The van der Waals surface area contributed by atoms with Gasteiger partial charge in [0.15, 0.2) is 12.1 Å². The number of esters is 1.